The third-order valence-electron chi connectivity index (χ3n) is 3.48. The summed E-state index contributed by atoms with van der Waals surface area (Å²) in [5.74, 6) is -0.810. The molecule has 0 radical (unpaired) electrons. The van der Waals surface area contributed by atoms with Crippen LogP contribution in [0.2, 0.25) is 0 Å². The van der Waals surface area contributed by atoms with Crippen molar-refractivity contribution in [2.24, 2.45) is 0 Å². The Balaban J connectivity index is 2.48. The average molecular weight is 260 g/mol. The molecule has 0 aromatic heterocycles. The highest BCUT2D eigenvalue weighted by molar-refractivity contribution is 5.87. The number of hydrogen-bond donors (Lipinski definition) is 0. The second-order valence-corrected chi connectivity index (χ2v) is 4.92. The number of fused-ring (bicyclic) bond motifs is 1. The molecular weight excluding hydrogens is 243 g/mol. The van der Waals surface area contributed by atoms with Crippen LogP contribution in [0.1, 0.15) is 30.9 Å². The summed E-state index contributed by atoms with van der Waals surface area (Å²) in [4.78, 5) is 11.8. The van der Waals surface area contributed by atoms with Crippen molar-refractivity contribution in [1.82, 2.24) is 0 Å². The standard InChI is InChI=1S/C16H17FO2/c1-4-16(19-15(18)11(2)3)9-5-6-12-7-8-13(17)10-14(12)16/h4,7-8,10H,1-2,5-6,9H2,3H3. The van der Waals surface area contributed by atoms with Gasteiger partial charge in [-0.3, -0.25) is 0 Å². The molecule has 3 heteroatoms. The van der Waals surface area contributed by atoms with E-state index in [1.54, 1.807) is 19.1 Å². The number of esters is 1. The van der Waals surface area contributed by atoms with Crippen LogP contribution in [0.4, 0.5) is 4.39 Å². The molecule has 0 saturated carbocycles. The highest BCUT2D eigenvalue weighted by atomic mass is 19.1. The Morgan fingerprint density at radius 2 is 2.26 bits per heavy atom. The molecule has 1 aromatic rings. The van der Waals surface area contributed by atoms with Gasteiger partial charge in [0.05, 0.1) is 0 Å². The Morgan fingerprint density at radius 1 is 1.53 bits per heavy atom. The topological polar surface area (TPSA) is 26.3 Å². The van der Waals surface area contributed by atoms with E-state index < -0.39 is 11.6 Å². The molecule has 0 bridgehead atoms. The zero-order valence-electron chi connectivity index (χ0n) is 11.0. The van der Waals surface area contributed by atoms with E-state index in [1.807, 2.05) is 0 Å². The van der Waals surface area contributed by atoms with Gasteiger partial charge in [0.25, 0.3) is 0 Å². The summed E-state index contributed by atoms with van der Waals surface area (Å²) in [6.45, 7) is 8.94. The van der Waals surface area contributed by atoms with E-state index in [4.69, 9.17) is 4.74 Å². The minimum Gasteiger partial charge on any atom is -0.447 e. The summed E-state index contributed by atoms with van der Waals surface area (Å²) in [5, 5.41) is 0. The molecule has 1 aromatic carbocycles. The van der Waals surface area contributed by atoms with Crippen molar-refractivity contribution >= 4 is 5.97 Å². The number of halogens is 1. The SMILES string of the molecule is C=CC1(OC(=O)C(=C)C)CCCc2ccc(F)cc21. The molecular formula is C16H17FO2. The molecule has 1 aliphatic carbocycles. The molecule has 0 heterocycles. The van der Waals surface area contributed by atoms with Gasteiger partial charge in [0, 0.05) is 11.1 Å². The molecule has 0 N–H and O–H groups in total. The summed E-state index contributed by atoms with van der Waals surface area (Å²) in [6.07, 6.45) is 3.93. The Hall–Kier alpha value is -1.90. The zero-order chi connectivity index (χ0) is 14.0. The van der Waals surface area contributed by atoms with Crippen LogP contribution in [0, 0.1) is 5.82 Å². The fourth-order valence-corrected chi connectivity index (χ4v) is 2.45. The van der Waals surface area contributed by atoms with Gasteiger partial charge in [0.2, 0.25) is 0 Å². The minimum absolute atomic E-state index is 0.324. The van der Waals surface area contributed by atoms with Crippen molar-refractivity contribution in [2.75, 3.05) is 0 Å². The predicted molar refractivity (Wildman–Crippen MR) is 72.1 cm³/mol. The lowest BCUT2D eigenvalue weighted by Gasteiger charge is -2.36. The van der Waals surface area contributed by atoms with E-state index >= 15 is 0 Å². The van der Waals surface area contributed by atoms with Gasteiger partial charge in [-0.2, -0.15) is 0 Å². The second-order valence-electron chi connectivity index (χ2n) is 4.92. The fourth-order valence-electron chi connectivity index (χ4n) is 2.45. The van der Waals surface area contributed by atoms with Gasteiger partial charge in [0.15, 0.2) is 5.60 Å². The first-order chi connectivity index (χ1) is 8.98. The van der Waals surface area contributed by atoms with Gasteiger partial charge in [-0.05, 0) is 50.0 Å². The van der Waals surface area contributed by atoms with Crippen LogP contribution in [0.15, 0.2) is 43.0 Å². The molecule has 1 aliphatic rings. The van der Waals surface area contributed by atoms with Gasteiger partial charge in [-0.25, -0.2) is 9.18 Å². The van der Waals surface area contributed by atoms with E-state index in [0.717, 1.165) is 18.4 Å². The minimum atomic E-state index is -0.939. The summed E-state index contributed by atoms with van der Waals surface area (Å²) in [5.41, 5.74) is 1.08. The first-order valence-electron chi connectivity index (χ1n) is 6.30. The lowest BCUT2D eigenvalue weighted by Crippen LogP contribution is -2.34. The fraction of sp³-hybridized carbons (Fsp3) is 0.312. The van der Waals surface area contributed by atoms with Crippen LogP contribution in [0.3, 0.4) is 0 Å². The van der Waals surface area contributed by atoms with Crippen molar-refractivity contribution in [1.29, 1.82) is 0 Å². The number of carbonyl (C=O) groups excluding carboxylic acids is 1. The van der Waals surface area contributed by atoms with Crippen molar-refractivity contribution in [3.05, 3.63) is 60.0 Å². The average Bonchev–Trinajstić information content (AvgIpc) is 2.39. The first kappa shape index (κ1) is 13.5. The largest absolute Gasteiger partial charge is 0.447 e. The van der Waals surface area contributed by atoms with Crippen LogP contribution in [0.5, 0.6) is 0 Å². The van der Waals surface area contributed by atoms with Crippen molar-refractivity contribution in [3.8, 4) is 0 Å². The van der Waals surface area contributed by atoms with Crippen molar-refractivity contribution in [3.63, 3.8) is 0 Å². The highest BCUT2D eigenvalue weighted by Gasteiger charge is 2.38. The lowest BCUT2D eigenvalue weighted by molar-refractivity contribution is -0.152. The van der Waals surface area contributed by atoms with Crippen molar-refractivity contribution in [2.45, 2.75) is 31.8 Å². The quantitative estimate of drug-likeness (QED) is 0.471. The molecule has 100 valence electrons. The van der Waals surface area contributed by atoms with Crippen LogP contribution < -0.4 is 0 Å². The molecule has 19 heavy (non-hydrogen) atoms. The second kappa shape index (κ2) is 5.00. The predicted octanol–water partition coefficient (Wildman–Crippen LogP) is 3.66. The van der Waals surface area contributed by atoms with Gasteiger partial charge >= 0.3 is 5.97 Å². The highest BCUT2D eigenvalue weighted by Crippen LogP contribution is 2.40. The number of ether oxygens (including phenoxy) is 1. The molecule has 2 nitrogen and oxygen atoms in total. The van der Waals surface area contributed by atoms with E-state index in [-0.39, 0.29) is 5.82 Å². The summed E-state index contributed by atoms with van der Waals surface area (Å²) >= 11 is 0. The maximum Gasteiger partial charge on any atom is 0.334 e. The number of hydrogen-bond acceptors (Lipinski definition) is 2. The van der Waals surface area contributed by atoms with Gasteiger partial charge < -0.3 is 4.74 Å². The lowest BCUT2D eigenvalue weighted by atomic mass is 9.79. The molecule has 1 atom stereocenters. The summed E-state index contributed by atoms with van der Waals surface area (Å²) < 4.78 is 19.0. The van der Waals surface area contributed by atoms with E-state index in [0.29, 0.717) is 17.6 Å². The number of aryl methyl sites for hydroxylation is 1. The third-order valence-corrected chi connectivity index (χ3v) is 3.48. The van der Waals surface area contributed by atoms with Crippen LogP contribution >= 0.6 is 0 Å². The molecule has 0 fully saturated rings. The number of carbonyl (C=O) groups is 1. The Kier molecular flexibility index (Phi) is 3.56. The normalized spacial score (nSPS) is 21.4. The van der Waals surface area contributed by atoms with E-state index in [1.165, 1.54) is 12.1 Å². The molecule has 0 spiro atoms. The van der Waals surface area contributed by atoms with Crippen LogP contribution in [-0.4, -0.2) is 5.97 Å². The monoisotopic (exact) mass is 260 g/mol. The van der Waals surface area contributed by atoms with Crippen LogP contribution in [-0.2, 0) is 21.6 Å². The Morgan fingerprint density at radius 3 is 2.89 bits per heavy atom. The maximum absolute atomic E-state index is 13.5. The Labute approximate surface area is 112 Å². The van der Waals surface area contributed by atoms with Gasteiger partial charge in [0.1, 0.15) is 5.82 Å². The zero-order valence-corrected chi connectivity index (χ0v) is 11.0. The first-order valence-corrected chi connectivity index (χ1v) is 6.30. The molecule has 0 saturated heterocycles. The van der Waals surface area contributed by atoms with E-state index in [9.17, 15) is 9.18 Å². The molecule has 2 rings (SSSR count). The number of benzene rings is 1. The summed E-state index contributed by atoms with van der Waals surface area (Å²) in [6, 6.07) is 4.61. The van der Waals surface area contributed by atoms with Crippen LogP contribution in [0.25, 0.3) is 0 Å². The molecule has 0 aliphatic heterocycles. The summed E-state index contributed by atoms with van der Waals surface area (Å²) in [7, 11) is 0. The van der Waals surface area contributed by atoms with Gasteiger partial charge in [-0.15, -0.1) is 0 Å². The van der Waals surface area contributed by atoms with Gasteiger partial charge in [-0.1, -0.05) is 19.2 Å². The third kappa shape index (κ3) is 2.46. The smallest absolute Gasteiger partial charge is 0.334 e. The molecule has 1 unspecified atom stereocenters. The molecule has 0 amide bonds. The van der Waals surface area contributed by atoms with Crippen molar-refractivity contribution < 1.29 is 13.9 Å². The number of rotatable bonds is 3. The van der Waals surface area contributed by atoms with E-state index in [2.05, 4.69) is 13.2 Å². The Bertz CT molecular complexity index is 548. The maximum atomic E-state index is 13.5.